The summed E-state index contributed by atoms with van der Waals surface area (Å²) >= 11 is 1.58. The van der Waals surface area contributed by atoms with Gasteiger partial charge in [-0.1, -0.05) is 42.5 Å². The van der Waals surface area contributed by atoms with E-state index in [1.54, 1.807) is 17.4 Å². The number of anilines is 1. The van der Waals surface area contributed by atoms with Crippen molar-refractivity contribution in [3.05, 3.63) is 75.8 Å². The van der Waals surface area contributed by atoms with Crippen LogP contribution in [-0.4, -0.2) is 15.9 Å². The lowest BCUT2D eigenvalue weighted by molar-refractivity contribution is 0.100. The summed E-state index contributed by atoms with van der Waals surface area (Å²) in [5.74, 6) is 1.23. The summed E-state index contributed by atoms with van der Waals surface area (Å²) in [4.78, 5) is 22.9. The van der Waals surface area contributed by atoms with E-state index in [1.165, 1.54) is 11.1 Å². The number of fused-ring (bicyclic) bond motifs is 2. The second-order valence-electron chi connectivity index (χ2n) is 7.59. The summed E-state index contributed by atoms with van der Waals surface area (Å²) in [5, 5.41) is 4.53. The predicted octanol–water partition coefficient (Wildman–Crippen LogP) is 4.87. The molecule has 5 nitrogen and oxygen atoms in total. The molecule has 0 unspecified atom stereocenters. The number of thiophene rings is 1. The number of nitrogens with one attached hydrogen (secondary N) is 1. The van der Waals surface area contributed by atoms with Crippen molar-refractivity contribution >= 4 is 33.1 Å². The highest BCUT2D eigenvalue weighted by atomic mass is 32.1. The van der Waals surface area contributed by atoms with E-state index in [4.69, 9.17) is 15.7 Å². The summed E-state index contributed by atoms with van der Waals surface area (Å²) in [5.41, 5.74) is 10.7. The molecule has 1 amide bonds. The predicted molar refractivity (Wildman–Crippen MR) is 122 cm³/mol. The van der Waals surface area contributed by atoms with Gasteiger partial charge in [0.15, 0.2) is 5.82 Å². The lowest BCUT2D eigenvalue weighted by Crippen LogP contribution is -2.10. The molecule has 4 aromatic rings. The Hall–Kier alpha value is -3.25. The third kappa shape index (κ3) is 3.23. The van der Waals surface area contributed by atoms with E-state index in [-0.39, 0.29) is 0 Å². The SMILES string of the molecule is Cc1sc2c(C(N)=O)cccc2c1-c1nc2c(c(NCc3ccccc3)n1)CCC2. The number of rotatable bonds is 5. The summed E-state index contributed by atoms with van der Waals surface area (Å²) in [6.45, 7) is 2.78. The molecule has 0 aliphatic heterocycles. The molecule has 2 aromatic heterocycles. The van der Waals surface area contributed by atoms with Crippen LogP contribution in [0.1, 0.15) is 38.5 Å². The molecule has 0 saturated heterocycles. The van der Waals surface area contributed by atoms with Gasteiger partial charge in [-0.2, -0.15) is 0 Å². The molecule has 30 heavy (non-hydrogen) atoms. The Morgan fingerprint density at radius 1 is 1.10 bits per heavy atom. The molecule has 2 aromatic carbocycles. The molecule has 0 atom stereocenters. The van der Waals surface area contributed by atoms with Gasteiger partial charge in [-0.3, -0.25) is 4.79 Å². The van der Waals surface area contributed by atoms with Crippen LogP contribution >= 0.6 is 11.3 Å². The minimum absolute atomic E-state index is 0.409. The highest BCUT2D eigenvalue weighted by molar-refractivity contribution is 7.20. The molecule has 150 valence electrons. The number of amides is 1. The van der Waals surface area contributed by atoms with E-state index >= 15 is 0 Å². The number of primary amides is 1. The summed E-state index contributed by atoms with van der Waals surface area (Å²) in [6, 6.07) is 16.0. The minimum Gasteiger partial charge on any atom is -0.366 e. The number of carbonyl (C=O) groups is 1. The van der Waals surface area contributed by atoms with Gasteiger partial charge in [0.05, 0.1) is 5.56 Å². The Kier molecular flexibility index (Phi) is 4.71. The van der Waals surface area contributed by atoms with Gasteiger partial charge in [0.2, 0.25) is 5.91 Å². The van der Waals surface area contributed by atoms with Crippen molar-refractivity contribution in [1.82, 2.24) is 9.97 Å². The van der Waals surface area contributed by atoms with Crippen LogP contribution in [0.5, 0.6) is 0 Å². The number of hydrogen-bond acceptors (Lipinski definition) is 5. The van der Waals surface area contributed by atoms with Gasteiger partial charge >= 0.3 is 0 Å². The second-order valence-corrected chi connectivity index (χ2v) is 8.82. The zero-order chi connectivity index (χ0) is 20.7. The first-order chi connectivity index (χ1) is 14.6. The van der Waals surface area contributed by atoms with E-state index < -0.39 is 5.91 Å². The van der Waals surface area contributed by atoms with E-state index in [0.717, 1.165) is 63.7 Å². The van der Waals surface area contributed by atoms with Crippen molar-refractivity contribution in [1.29, 1.82) is 0 Å². The fraction of sp³-hybridized carbons (Fsp3) is 0.208. The van der Waals surface area contributed by atoms with Gasteiger partial charge in [0.25, 0.3) is 0 Å². The number of hydrogen-bond donors (Lipinski definition) is 2. The first-order valence-corrected chi connectivity index (χ1v) is 10.9. The van der Waals surface area contributed by atoms with Crippen LogP contribution in [0.2, 0.25) is 0 Å². The fourth-order valence-corrected chi connectivity index (χ4v) is 5.35. The molecule has 1 aliphatic rings. The van der Waals surface area contributed by atoms with Crippen molar-refractivity contribution in [2.24, 2.45) is 5.73 Å². The van der Waals surface area contributed by atoms with Crippen molar-refractivity contribution in [3.8, 4) is 11.4 Å². The van der Waals surface area contributed by atoms with Crippen LogP contribution in [0.4, 0.5) is 5.82 Å². The summed E-state index contributed by atoms with van der Waals surface area (Å²) in [7, 11) is 0. The lowest BCUT2D eigenvalue weighted by atomic mass is 10.1. The van der Waals surface area contributed by atoms with Crippen LogP contribution in [0.3, 0.4) is 0 Å². The maximum Gasteiger partial charge on any atom is 0.250 e. The number of benzene rings is 2. The minimum atomic E-state index is -0.409. The van der Waals surface area contributed by atoms with Crippen LogP contribution in [-0.2, 0) is 19.4 Å². The number of nitrogens with two attached hydrogens (primary N) is 1. The van der Waals surface area contributed by atoms with E-state index in [2.05, 4.69) is 24.4 Å². The maximum atomic E-state index is 11.9. The van der Waals surface area contributed by atoms with Crippen molar-refractivity contribution in [3.63, 3.8) is 0 Å². The Bertz CT molecular complexity index is 1260. The van der Waals surface area contributed by atoms with Crippen LogP contribution in [0.25, 0.3) is 21.5 Å². The Balaban J connectivity index is 1.61. The van der Waals surface area contributed by atoms with E-state index in [0.29, 0.717) is 5.56 Å². The molecule has 1 aliphatic carbocycles. The Labute approximate surface area is 179 Å². The van der Waals surface area contributed by atoms with E-state index in [9.17, 15) is 4.79 Å². The zero-order valence-corrected chi connectivity index (χ0v) is 17.6. The largest absolute Gasteiger partial charge is 0.366 e. The normalized spacial score (nSPS) is 12.8. The third-order valence-corrected chi connectivity index (χ3v) is 6.77. The van der Waals surface area contributed by atoms with Crippen molar-refractivity contribution in [2.75, 3.05) is 5.32 Å². The molecular formula is C24H22N4OS. The fourth-order valence-electron chi connectivity index (χ4n) is 4.18. The molecule has 0 radical (unpaired) electrons. The molecule has 6 heteroatoms. The molecule has 0 fully saturated rings. The van der Waals surface area contributed by atoms with Crippen LogP contribution in [0, 0.1) is 6.92 Å². The van der Waals surface area contributed by atoms with Crippen LogP contribution in [0.15, 0.2) is 48.5 Å². The number of carbonyl (C=O) groups excluding carboxylic acids is 1. The van der Waals surface area contributed by atoms with Gasteiger partial charge in [0, 0.05) is 38.3 Å². The standard InChI is InChI=1S/C24H22N4OS/c1-14-20(17-10-5-11-18(22(25)29)21(17)30-14)24-27-19-12-6-9-16(19)23(28-24)26-13-15-7-3-2-4-8-15/h2-5,7-8,10-11H,6,9,12-13H2,1H3,(H2,25,29)(H,26,27,28). The monoisotopic (exact) mass is 414 g/mol. The summed E-state index contributed by atoms with van der Waals surface area (Å²) < 4.78 is 0.903. The summed E-state index contributed by atoms with van der Waals surface area (Å²) in [6.07, 6.45) is 3.07. The van der Waals surface area contributed by atoms with Gasteiger partial charge < -0.3 is 11.1 Å². The van der Waals surface area contributed by atoms with Gasteiger partial charge in [-0.15, -0.1) is 11.3 Å². The molecule has 2 heterocycles. The van der Waals surface area contributed by atoms with Gasteiger partial charge in [-0.05, 0) is 37.8 Å². The molecule has 0 saturated carbocycles. The highest BCUT2D eigenvalue weighted by Gasteiger charge is 2.23. The molecule has 3 N–H and O–H groups in total. The topological polar surface area (TPSA) is 80.9 Å². The Morgan fingerprint density at radius 2 is 1.93 bits per heavy atom. The van der Waals surface area contributed by atoms with E-state index in [1.807, 2.05) is 30.3 Å². The molecular weight excluding hydrogens is 392 g/mol. The number of nitrogens with zero attached hydrogens (tertiary/aromatic N) is 2. The maximum absolute atomic E-state index is 11.9. The lowest BCUT2D eigenvalue weighted by Gasteiger charge is -2.13. The zero-order valence-electron chi connectivity index (χ0n) is 16.7. The second kappa shape index (κ2) is 7.54. The highest BCUT2D eigenvalue weighted by Crippen LogP contribution is 2.40. The van der Waals surface area contributed by atoms with Crippen molar-refractivity contribution < 1.29 is 4.79 Å². The Morgan fingerprint density at radius 3 is 2.73 bits per heavy atom. The average Bonchev–Trinajstić information content (AvgIpc) is 3.35. The number of aryl methyl sites for hydroxylation is 2. The van der Waals surface area contributed by atoms with Gasteiger partial charge in [0.1, 0.15) is 5.82 Å². The average molecular weight is 415 g/mol. The van der Waals surface area contributed by atoms with Crippen LogP contribution < -0.4 is 11.1 Å². The first-order valence-electron chi connectivity index (χ1n) is 10.1. The third-order valence-electron chi connectivity index (χ3n) is 5.62. The smallest absolute Gasteiger partial charge is 0.250 e. The van der Waals surface area contributed by atoms with Gasteiger partial charge in [-0.25, -0.2) is 9.97 Å². The quantitative estimate of drug-likeness (QED) is 0.488. The first kappa shape index (κ1) is 18.8. The number of aromatic nitrogens is 2. The van der Waals surface area contributed by atoms with Crippen molar-refractivity contribution in [2.45, 2.75) is 32.7 Å². The molecule has 0 bridgehead atoms. The molecule has 5 rings (SSSR count). The molecule has 0 spiro atoms.